The van der Waals surface area contributed by atoms with Crippen molar-refractivity contribution >= 4 is 6.21 Å². The van der Waals surface area contributed by atoms with Crippen LogP contribution in [0.15, 0.2) is 0 Å². The van der Waals surface area contributed by atoms with Crippen molar-refractivity contribution < 1.29 is 9.95 Å². The van der Waals surface area contributed by atoms with Crippen molar-refractivity contribution in [1.82, 2.24) is 4.90 Å². The maximum absolute atomic E-state index is 11.3. The third-order valence-corrected chi connectivity index (χ3v) is 2.53. The first-order valence-corrected chi connectivity index (χ1v) is 3.77. The lowest BCUT2D eigenvalue weighted by atomic mass is 10.1. The third-order valence-electron chi connectivity index (χ3n) is 2.53. The van der Waals surface area contributed by atoms with Crippen LogP contribution in [0.3, 0.4) is 0 Å². The molecule has 0 spiro atoms. The first kappa shape index (κ1) is 8.53. The lowest BCUT2D eigenvalue weighted by Gasteiger charge is -2.35. The zero-order chi connectivity index (χ0) is 8.86. The smallest absolute Gasteiger partial charge is 0.228 e. The van der Waals surface area contributed by atoms with Crippen molar-refractivity contribution in [3.63, 3.8) is 0 Å². The van der Waals surface area contributed by atoms with E-state index in [1.54, 1.807) is 0 Å². The Morgan fingerprint density at radius 2 is 1.73 bits per heavy atom. The van der Waals surface area contributed by atoms with Gasteiger partial charge in [0.2, 0.25) is 5.66 Å². The highest BCUT2D eigenvalue weighted by molar-refractivity contribution is 5.65. The van der Waals surface area contributed by atoms with Crippen LogP contribution in [0.5, 0.6) is 0 Å². The maximum Gasteiger partial charge on any atom is 0.228 e. The minimum absolute atomic E-state index is 0.245. The Balaban J connectivity index is 3.04. The molecule has 1 heterocycles. The Morgan fingerprint density at radius 3 is 1.82 bits per heavy atom. The van der Waals surface area contributed by atoms with Gasteiger partial charge in [0, 0.05) is 13.8 Å². The molecular weight excluding hydrogens is 140 g/mol. The van der Waals surface area contributed by atoms with Crippen LogP contribution in [0.1, 0.15) is 27.7 Å². The molecule has 3 heteroatoms. The molecule has 0 amide bonds. The van der Waals surface area contributed by atoms with Crippen molar-refractivity contribution in [2.24, 2.45) is 0 Å². The number of hydrogen-bond donors (Lipinski definition) is 0. The van der Waals surface area contributed by atoms with Gasteiger partial charge in [-0.1, -0.05) is 13.8 Å². The molecule has 0 aromatic rings. The molecule has 0 bridgehead atoms. The summed E-state index contributed by atoms with van der Waals surface area (Å²) in [4.78, 5) is 2.01. The zero-order valence-corrected chi connectivity index (χ0v) is 7.80. The first-order valence-electron chi connectivity index (χ1n) is 3.77. The van der Waals surface area contributed by atoms with Crippen molar-refractivity contribution in [2.45, 2.75) is 38.9 Å². The van der Waals surface area contributed by atoms with E-state index in [1.165, 1.54) is 0 Å². The summed E-state index contributed by atoms with van der Waals surface area (Å²) >= 11 is 0. The molecule has 0 aromatic heterocycles. The number of hydroxylamine groups is 1. The average Bonchev–Trinajstić information content (AvgIpc) is 1.94. The van der Waals surface area contributed by atoms with Gasteiger partial charge in [0.1, 0.15) is 0 Å². The monoisotopic (exact) mass is 155 g/mol. The Bertz CT molecular complexity index is 206. The standard InChI is InChI=1S/C8H15N2O/c1-7(2)6-10(11)8(3,4)9(7)5/h1-5H3. The second kappa shape index (κ2) is 1.97. The summed E-state index contributed by atoms with van der Waals surface area (Å²) in [6.07, 6.45) is 2.84. The van der Waals surface area contributed by atoms with Gasteiger partial charge in [0.15, 0.2) is 0 Å². The van der Waals surface area contributed by atoms with Gasteiger partial charge < -0.3 is 0 Å². The molecule has 0 aromatic carbocycles. The van der Waals surface area contributed by atoms with E-state index < -0.39 is 5.66 Å². The van der Waals surface area contributed by atoms with Gasteiger partial charge in [0.05, 0.1) is 0 Å². The second-order valence-corrected chi connectivity index (χ2v) is 4.02. The molecule has 0 saturated carbocycles. The van der Waals surface area contributed by atoms with Crippen molar-refractivity contribution in [1.29, 1.82) is 0 Å². The number of hydrogen-bond acceptors (Lipinski definition) is 1. The zero-order valence-electron chi connectivity index (χ0n) is 7.80. The summed E-state index contributed by atoms with van der Waals surface area (Å²) in [7, 11) is 1.94. The Morgan fingerprint density at radius 1 is 1.27 bits per heavy atom. The van der Waals surface area contributed by atoms with E-state index in [0.717, 1.165) is 4.74 Å². The van der Waals surface area contributed by atoms with Crippen molar-refractivity contribution in [2.75, 3.05) is 7.05 Å². The normalized spacial score (nSPS) is 28.6. The number of nitrogens with zero attached hydrogens (tertiary/aromatic N) is 2. The van der Waals surface area contributed by atoms with Crippen LogP contribution in [-0.2, 0) is 5.21 Å². The van der Waals surface area contributed by atoms with E-state index >= 15 is 0 Å². The van der Waals surface area contributed by atoms with E-state index in [9.17, 15) is 5.21 Å². The third kappa shape index (κ3) is 1.03. The topological polar surface area (TPSA) is 26.1 Å². The number of rotatable bonds is 0. The Labute approximate surface area is 67.9 Å². The average molecular weight is 155 g/mol. The summed E-state index contributed by atoms with van der Waals surface area (Å²) in [6.45, 7) is 7.74. The summed E-state index contributed by atoms with van der Waals surface area (Å²) in [5, 5.41) is 11.3. The van der Waals surface area contributed by atoms with Crippen molar-refractivity contribution in [3.8, 4) is 0 Å². The molecule has 1 radical (unpaired) electrons. The minimum atomic E-state index is -0.455. The summed E-state index contributed by atoms with van der Waals surface area (Å²) in [5.41, 5.74) is -0.700. The van der Waals surface area contributed by atoms with Gasteiger partial charge in [-0.15, -0.1) is 11.0 Å². The fourth-order valence-electron chi connectivity index (χ4n) is 1.28. The lowest BCUT2D eigenvalue weighted by molar-refractivity contribution is -0.859. The van der Waals surface area contributed by atoms with Crippen molar-refractivity contribution in [3.05, 3.63) is 0 Å². The summed E-state index contributed by atoms with van der Waals surface area (Å²) in [6, 6.07) is 0. The van der Waals surface area contributed by atoms with Crippen LogP contribution >= 0.6 is 0 Å². The molecule has 0 fully saturated rings. The lowest BCUT2D eigenvalue weighted by Crippen LogP contribution is -2.50. The van der Waals surface area contributed by atoms with Gasteiger partial charge in [-0.3, -0.25) is 4.90 Å². The Kier molecular flexibility index (Phi) is 1.53. The molecule has 3 nitrogen and oxygen atoms in total. The van der Waals surface area contributed by atoms with Gasteiger partial charge in [-0.25, -0.2) is 0 Å². The predicted molar refractivity (Wildman–Crippen MR) is 41.9 cm³/mol. The van der Waals surface area contributed by atoms with Gasteiger partial charge in [-0.2, -0.15) is 0 Å². The quantitative estimate of drug-likeness (QED) is 0.374. The molecule has 1 aliphatic heterocycles. The van der Waals surface area contributed by atoms with Crippen LogP contribution < -0.4 is 0 Å². The van der Waals surface area contributed by atoms with Crippen LogP contribution in [0.4, 0.5) is 0 Å². The molecule has 11 heavy (non-hydrogen) atoms. The van der Waals surface area contributed by atoms with E-state index in [1.807, 2.05) is 39.6 Å². The highest BCUT2D eigenvalue weighted by Crippen LogP contribution is 2.27. The fraction of sp³-hybridized carbons (Fsp3) is 0.875. The van der Waals surface area contributed by atoms with Gasteiger partial charge in [-0.05, 0) is 17.8 Å². The maximum atomic E-state index is 11.3. The first-order chi connectivity index (χ1) is 4.78. The minimum Gasteiger partial charge on any atom is -0.264 e. The van der Waals surface area contributed by atoms with Crippen LogP contribution in [-0.4, -0.2) is 34.1 Å². The molecule has 0 aliphatic carbocycles. The van der Waals surface area contributed by atoms with E-state index in [0.29, 0.717) is 0 Å². The fourth-order valence-corrected chi connectivity index (χ4v) is 1.28. The Hall–Kier alpha value is -0.570. The van der Waals surface area contributed by atoms with Crippen LogP contribution in [0.25, 0.3) is 0 Å². The van der Waals surface area contributed by atoms with E-state index in [2.05, 4.69) is 6.21 Å². The summed E-state index contributed by atoms with van der Waals surface area (Å²) in [5.74, 6) is 0. The van der Waals surface area contributed by atoms with E-state index in [-0.39, 0.29) is 5.54 Å². The second-order valence-electron chi connectivity index (χ2n) is 4.02. The molecule has 0 atom stereocenters. The molecule has 0 saturated heterocycles. The predicted octanol–water partition coefficient (Wildman–Crippen LogP) is 0.752. The highest BCUT2D eigenvalue weighted by atomic mass is 16.5. The SMILES string of the molecule is CN1C(C)(C)[C-]=[N+]([O])C1(C)C. The van der Waals surface area contributed by atoms with Gasteiger partial charge in [0.25, 0.3) is 0 Å². The molecular formula is C8H15N2O. The van der Waals surface area contributed by atoms with Crippen LogP contribution in [0, 0.1) is 0 Å². The van der Waals surface area contributed by atoms with Crippen LogP contribution in [0.2, 0.25) is 0 Å². The molecule has 0 N–H and O–H groups in total. The molecule has 63 valence electrons. The molecule has 1 rings (SSSR count). The molecule has 1 aliphatic rings. The highest BCUT2D eigenvalue weighted by Gasteiger charge is 2.43. The summed E-state index contributed by atoms with van der Waals surface area (Å²) < 4.78 is 0.896. The van der Waals surface area contributed by atoms with Gasteiger partial charge >= 0.3 is 0 Å². The largest absolute Gasteiger partial charge is 0.264 e. The molecule has 0 unspecified atom stereocenters. The van der Waals surface area contributed by atoms with E-state index in [4.69, 9.17) is 0 Å².